The molecule has 0 aromatic carbocycles. The van der Waals surface area contributed by atoms with Gasteiger partial charge >= 0.3 is 22.3 Å². The highest BCUT2D eigenvalue weighted by molar-refractivity contribution is 7.61. The van der Waals surface area contributed by atoms with Crippen molar-refractivity contribution < 1.29 is 22.7 Å². The Morgan fingerprint density at radius 2 is 1.76 bits per heavy atom. The van der Waals surface area contributed by atoms with E-state index in [1.54, 1.807) is 0 Å². The van der Waals surface area contributed by atoms with Crippen LogP contribution in [-0.2, 0) is 15.3 Å². The average molecular weight is 267 g/mol. The molecule has 0 rings (SSSR count). The van der Waals surface area contributed by atoms with E-state index < -0.39 is 28.7 Å². The van der Waals surface area contributed by atoms with Gasteiger partial charge in [-0.3, -0.25) is 0 Å². The Kier molecular flexibility index (Phi) is 7.69. The Bertz CT molecular complexity index is 361. The van der Waals surface area contributed by atoms with E-state index in [9.17, 15) is 17.6 Å². The van der Waals surface area contributed by atoms with Crippen molar-refractivity contribution >= 4 is 16.5 Å². The Morgan fingerprint density at radius 1 is 1.24 bits per heavy atom. The summed E-state index contributed by atoms with van der Waals surface area (Å²) in [5, 5.41) is 8.58. The molecule has 0 saturated heterocycles. The van der Waals surface area contributed by atoms with Crippen LogP contribution in [0.25, 0.3) is 0 Å². The van der Waals surface area contributed by atoms with Gasteiger partial charge in [-0.2, -0.15) is 8.42 Å². The van der Waals surface area contributed by atoms with Crippen LogP contribution in [0.4, 0.5) is 4.39 Å². The van der Waals surface area contributed by atoms with Gasteiger partial charge in [0.1, 0.15) is 0 Å². The van der Waals surface area contributed by atoms with Gasteiger partial charge in [-0.05, 0) is 6.42 Å². The van der Waals surface area contributed by atoms with Crippen LogP contribution in [0.15, 0.2) is 4.36 Å². The number of unbranched alkanes of at least 4 members (excludes halogenated alkanes) is 5. The van der Waals surface area contributed by atoms with Crippen molar-refractivity contribution in [2.24, 2.45) is 4.36 Å². The summed E-state index contributed by atoms with van der Waals surface area (Å²) in [7, 11) is -3.05. The van der Waals surface area contributed by atoms with E-state index in [0.29, 0.717) is 12.8 Å². The van der Waals surface area contributed by atoms with Gasteiger partial charge < -0.3 is 5.11 Å². The van der Waals surface area contributed by atoms with E-state index in [1.807, 2.05) is 0 Å². The van der Waals surface area contributed by atoms with E-state index in [0.717, 1.165) is 25.7 Å². The number of carboxylic acids is 1. The molecule has 0 bridgehead atoms. The van der Waals surface area contributed by atoms with Crippen LogP contribution < -0.4 is 0 Å². The molecule has 100 valence electrons. The third kappa shape index (κ3) is 7.04. The molecule has 0 aromatic heterocycles. The molecule has 5 nitrogen and oxygen atoms in total. The maximum Gasteiger partial charge on any atom is 0.365 e. The SMILES string of the molecule is CCCCCCCCC(F)(N=S(=O)=O)C(=O)O. The lowest BCUT2D eigenvalue weighted by molar-refractivity contribution is -0.150. The summed E-state index contributed by atoms with van der Waals surface area (Å²) in [6, 6.07) is 0. The van der Waals surface area contributed by atoms with Crippen molar-refractivity contribution in [1.29, 1.82) is 0 Å². The second-order valence-corrected chi connectivity index (χ2v) is 4.51. The number of carbonyl (C=O) groups is 1. The van der Waals surface area contributed by atoms with Gasteiger partial charge in [-0.15, -0.1) is 4.36 Å². The minimum absolute atomic E-state index is 0.313. The van der Waals surface area contributed by atoms with Gasteiger partial charge in [0.15, 0.2) is 0 Å². The van der Waals surface area contributed by atoms with Crippen LogP contribution in [0.5, 0.6) is 0 Å². The van der Waals surface area contributed by atoms with E-state index in [1.165, 1.54) is 0 Å². The molecule has 0 aliphatic heterocycles. The zero-order valence-corrected chi connectivity index (χ0v) is 10.7. The van der Waals surface area contributed by atoms with Gasteiger partial charge in [0, 0.05) is 6.42 Å². The van der Waals surface area contributed by atoms with Crippen molar-refractivity contribution in [3.8, 4) is 0 Å². The number of halogens is 1. The fraction of sp³-hybridized carbons (Fsp3) is 0.900. The number of hydrogen-bond donors (Lipinski definition) is 1. The molecule has 0 aliphatic carbocycles. The fourth-order valence-corrected chi connectivity index (χ4v) is 1.86. The number of carboxylic acid groups (broad SMARTS) is 1. The molecule has 0 heterocycles. The maximum absolute atomic E-state index is 13.6. The Labute approximate surface area is 102 Å². The molecule has 0 fully saturated rings. The zero-order chi connectivity index (χ0) is 13.3. The topological polar surface area (TPSA) is 83.8 Å². The monoisotopic (exact) mass is 267 g/mol. The lowest BCUT2D eigenvalue weighted by Gasteiger charge is -2.12. The first-order chi connectivity index (χ1) is 7.92. The van der Waals surface area contributed by atoms with Crippen LogP contribution in [0.1, 0.15) is 51.9 Å². The molecule has 17 heavy (non-hydrogen) atoms. The minimum Gasteiger partial charge on any atom is -0.477 e. The van der Waals surface area contributed by atoms with Gasteiger partial charge in [0.05, 0.1) is 0 Å². The average Bonchev–Trinajstić information content (AvgIpc) is 2.22. The van der Waals surface area contributed by atoms with E-state index in [2.05, 4.69) is 11.3 Å². The number of aliphatic carboxylic acids is 1. The van der Waals surface area contributed by atoms with Crippen molar-refractivity contribution in [2.75, 3.05) is 0 Å². The summed E-state index contributed by atoms with van der Waals surface area (Å²) in [5.41, 5.74) is 0. The first-order valence-corrected chi connectivity index (χ1v) is 6.70. The third-order valence-corrected chi connectivity index (χ3v) is 2.85. The molecule has 1 N–H and O–H groups in total. The number of alkyl halides is 1. The minimum atomic E-state index is -3.05. The predicted molar refractivity (Wildman–Crippen MR) is 60.8 cm³/mol. The normalized spacial score (nSPS) is 14.0. The second-order valence-electron chi connectivity index (χ2n) is 3.89. The standard InChI is InChI=1S/C10H18FNO4S/c1-2-3-4-5-6-7-8-10(11,9(13)14)12-17(15)16/h2-8H2,1H3,(H,13,14). The lowest BCUT2D eigenvalue weighted by atomic mass is 10.0. The first kappa shape index (κ1) is 16.0. The van der Waals surface area contributed by atoms with Gasteiger partial charge in [0.25, 0.3) is 0 Å². The van der Waals surface area contributed by atoms with Crippen molar-refractivity contribution in [3.05, 3.63) is 0 Å². The molecule has 0 aliphatic rings. The maximum atomic E-state index is 13.6. The van der Waals surface area contributed by atoms with Crippen molar-refractivity contribution in [2.45, 2.75) is 57.7 Å². The summed E-state index contributed by atoms with van der Waals surface area (Å²) in [5.74, 6) is -4.85. The Hall–Kier alpha value is -0.980. The summed E-state index contributed by atoms with van der Waals surface area (Å²) in [6.45, 7) is 2.07. The Morgan fingerprint density at radius 3 is 2.24 bits per heavy atom. The summed E-state index contributed by atoms with van der Waals surface area (Å²) >= 11 is 0. The molecule has 0 radical (unpaired) electrons. The summed E-state index contributed by atoms with van der Waals surface area (Å²) < 4.78 is 36.6. The van der Waals surface area contributed by atoms with Crippen LogP contribution in [0, 0.1) is 0 Å². The lowest BCUT2D eigenvalue weighted by Crippen LogP contribution is -2.31. The smallest absolute Gasteiger partial charge is 0.365 e. The van der Waals surface area contributed by atoms with Gasteiger partial charge in [-0.25, -0.2) is 9.18 Å². The van der Waals surface area contributed by atoms with E-state index in [-0.39, 0.29) is 0 Å². The van der Waals surface area contributed by atoms with Crippen molar-refractivity contribution in [3.63, 3.8) is 0 Å². The molecular formula is C10H18FNO4S. The molecular weight excluding hydrogens is 249 g/mol. The highest BCUT2D eigenvalue weighted by Gasteiger charge is 2.38. The van der Waals surface area contributed by atoms with Crippen molar-refractivity contribution in [1.82, 2.24) is 0 Å². The van der Waals surface area contributed by atoms with Gasteiger partial charge in [-0.1, -0.05) is 39.0 Å². The van der Waals surface area contributed by atoms with Crippen LogP contribution in [0.3, 0.4) is 0 Å². The molecule has 0 amide bonds. The highest BCUT2D eigenvalue weighted by atomic mass is 32.2. The number of rotatable bonds is 9. The largest absolute Gasteiger partial charge is 0.477 e. The molecule has 1 unspecified atom stereocenters. The molecule has 0 spiro atoms. The Balaban J connectivity index is 4.12. The van der Waals surface area contributed by atoms with Crippen LogP contribution >= 0.6 is 0 Å². The van der Waals surface area contributed by atoms with E-state index >= 15 is 0 Å². The number of nitrogens with zero attached hydrogens (tertiary/aromatic N) is 1. The van der Waals surface area contributed by atoms with E-state index in [4.69, 9.17) is 5.11 Å². The number of hydrogen-bond acceptors (Lipinski definition) is 4. The first-order valence-electron chi connectivity index (χ1n) is 5.67. The predicted octanol–water partition coefficient (Wildman–Crippen LogP) is 2.55. The van der Waals surface area contributed by atoms with Gasteiger partial charge in [0.2, 0.25) is 0 Å². The molecule has 0 aromatic rings. The van der Waals surface area contributed by atoms with Crippen LogP contribution in [0.2, 0.25) is 0 Å². The highest BCUT2D eigenvalue weighted by Crippen LogP contribution is 2.22. The van der Waals surface area contributed by atoms with Crippen LogP contribution in [-0.4, -0.2) is 25.3 Å². The third-order valence-electron chi connectivity index (χ3n) is 2.41. The molecule has 1 atom stereocenters. The fourth-order valence-electron chi connectivity index (χ4n) is 1.45. The summed E-state index contributed by atoms with van der Waals surface area (Å²) in [4.78, 5) is 10.6. The molecule has 0 saturated carbocycles. The second kappa shape index (κ2) is 8.16. The summed E-state index contributed by atoms with van der Waals surface area (Å²) in [6.07, 6.45) is 4.69. The molecule has 7 heteroatoms. The zero-order valence-electron chi connectivity index (χ0n) is 9.86. The quantitative estimate of drug-likeness (QED) is 0.514.